The van der Waals surface area contributed by atoms with E-state index in [1.807, 2.05) is 42.5 Å². The molecule has 2 aromatic rings. The van der Waals surface area contributed by atoms with Gasteiger partial charge in [-0.2, -0.15) is 0 Å². The Bertz CT molecular complexity index is 830. The van der Waals surface area contributed by atoms with Gasteiger partial charge in [0.25, 0.3) is 0 Å². The normalized spacial score (nSPS) is 11.7. The van der Waals surface area contributed by atoms with E-state index in [2.05, 4.69) is 12.2 Å². The number of nitrogens with one attached hydrogen (secondary N) is 1. The maximum absolute atomic E-state index is 13.0. The Hall–Kier alpha value is -1.69. The lowest BCUT2D eigenvalue weighted by molar-refractivity contribution is -0.138. The molecule has 0 radical (unpaired) electrons. The van der Waals surface area contributed by atoms with Gasteiger partial charge in [-0.1, -0.05) is 66.9 Å². The van der Waals surface area contributed by atoms with Crippen LogP contribution < -0.4 is 5.32 Å². The molecule has 2 amide bonds. The van der Waals surface area contributed by atoms with Crippen LogP contribution in [-0.2, 0) is 21.9 Å². The summed E-state index contributed by atoms with van der Waals surface area (Å²) >= 11 is 13.7. The van der Waals surface area contributed by atoms with Crippen LogP contribution in [0.25, 0.3) is 0 Å². The first-order chi connectivity index (χ1) is 14.4. The van der Waals surface area contributed by atoms with Crippen molar-refractivity contribution >= 4 is 46.8 Å². The highest BCUT2D eigenvalue weighted by atomic mass is 35.5. The summed E-state index contributed by atoms with van der Waals surface area (Å²) in [5, 5.41) is 4.20. The topological polar surface area (TPSA) is 49.4 Å². The highest BCUT2D eigenvalue weighted by Gasteiger charge is 2.26. The quantitative estimate of drug-likeness (QED) is 0.440. The van der Waals surface area contributed by atoms with Crippen LogP contribution in [0.15, 0.2) is 48.5 Å². The van der Waals surface area contributed by atoms with Crippen molar-refractivity contribution in [1.82, 2.24) is 10.2 Å². The van der Waals surface area contributed by atoms with Crippen molar-refractivity contribution < 1.29 is 9.59 Å². The number of hydrogen-bond acceptors (Lipinski definition) is 3. The molecule has 0 spiro atoms. The maximum Gasteiger partial charge on any atom is 0.242 e. The van der Waals surface area contributed by atoms with Crippen LogP contribution in [0, 0.1) is 0 Å². The molecule has 0 saturated heterocycles. The predicted molar refractivity (Wildman–Crippen MR) is 127 cm³/mol. The number of amides is 2. The molecule has 0 heterocycles. The van der Waals surface area contributed by atoms with E-state index in [1.54, 1.807) is 17.9 Å². The Morgan fingerprint density at radius 2 is 1.80 bits per heavy atom. The first-order valence-electron chi connectivity index (χ1n) is 10.0. The lowest BCUT2D eigenvalue weighted by Crippen LogP contribution is -2.48. The van der Waals surface area contributed by atoms with Gasteiger partial charge in [0.05, 0.1) is 5.75 Å². The minimum absolute atomic E-state index is 0.0907. The van der Waals surface area contributed by atoms with Crippen LogP contribution in [0.5, 0.6) is 0 Å². The Labute approximate surface area is 193 Å². The van der Waals surface area contributed by atoms with Crippen LogP contribution in [0.2, 0.25) is 10.0 Å². The minimum atomic E-state index is -0.582. The fraction of sp³-hybridized carbons (Fsp3) is 0.391. The average Bonchev–Trinajstić information content (AvgIpc) is 2.74. The molecule has 162 valence electrons. The van der Waals surface area contributed by atoms with Crippen molar-refractivity contribution in [3.8, 4) is 0 Å². The van der Waals surface area contributed by atoms with Crippen LogP contribution in [0.1, 0.15) is 37.8 Å². The zero-order chi connectivity index (χ0) is 21.9. The van der Waals surface area contributed by atoms with E-state index in [-0.39, 0.29) is 17.6 Å². The Morgan fingerprint density at radius 3 is 2.47 bits per heavy atom. The van der Waals surface area contributed by atoms with Gasteiger partial charge in [0, 0.05) is 28.9 Å². The van der Waals surface area contributed by atoms with Crippen molar-refractivity contribution in [3.63, 3.8) is 0 Å². The third kappa shape index (κ3) is 7.86. The lowest BCUT2D eigenvalue weighted by Gasteiger charge is -2.29. The molecule has 1 N–H and O–H groups in total. The second-order valence-corrected chi connectivity index (χ2v) is 8.88. The number of carbonyl (C=O) groups is 2. The second-order valence-electron chi connectivity index (χ2n) is 7.05. The summed E-state index contributed by atoms with van der Waals surface area (Å²) < 4.78 is 0. The smallest absolute Gasteiger partial charge is 0.242 e. The highest BCUT2D eigenvalue weighted by molar-refractivity contribution is 7.99. The van der Waals surface area contributed by atoms with Crippen LogP contribution >= 0.6 is 35.0 Å². The number of halogens is 2. The molecule has 0 aliphatic heterocycles. The fourth-order valence-electron chi connectivity index (χ4n) is 2.85. The van der Waals surface area contributed by atoms with Gasteiger partial charge in [-0.25, -0.2) is 0 Å². The van der Waals surface area contributed by atoms with E-state index < -0.39 is 6.04 Å². The van der Waals surface area contributed by atoms with Crippen LogP contribution in [-0.4, -0.2) is 35.1 Å². The summed E-state index contributed by atoms with van der Waals surface area (Å²) in [6, 6.07) is 14.4. The van der Waals surface area contributed by atoms with Crippen molar-refractivity contribution in [2.24, 2.45) is 0 Å². The second kappa shape index (κ2) is 12.9. The fourth-order valence-corrected chi connectivity index (χ4v) is 4.04. The molecule has 0 aliphatic carbocycles. The highest BCUT2D eigenvalue weighted by Crippen LogP contribution is 2.21. The molecular weight excluding hydrogens is 439 g/mol. The number of nitrogens with zero attached hydrogens (tertiary/aromatic N) is 1. The number of carbonyl (C=O) groups excluding carboxylic acids is 2. The monoisotopic (exact) mass is 466 g/mol. The molecule has 1 atom stereocenters. The van der Waals surface area contributed by atoms with E-state index >= 15 is 0 Å². The van der Waals surface area contributed by atoms with Gasteiger partial charge in [-0.15, -0.1) is 11.8 Å². The summed E-state index contributed by atoms with van der Waals surface area (Å²) in [6.07, 6.45) is 1.91. The summed E-state index contributed by atoms with van der Waals surface area (Å²) in [4.78, 5) is 27.3. The summed E-state index contributed by atoms with van der Waals surface area (Å²) in [6.45, 7) is 4.74. The molecule has 0 aromatic heterocycles. The number of benzene rings is 2. The largest absolute Gasteiger partial charge is 0.354 e. The molecule has 0 bridgehead atoms. The molecule has 30 heavy (non-hydrogen) atoms. The lowest BCUT2D eigenvalue weighted by atomic mass is 10.1. The molecule has 0 aliphatic rings. The maximum atomic E-state index is 13.0. The standard InChI is InChI=1S/C23H28Cl2N2O2S/c1-3-4-13-26-23(29)17(2)27(14-19-7-5-6-8-21(19)25)22(28)16-30-15-18-9-11-20(24)12-10-18/h5-12,17H,3-4,13-16H2,1-2H3,(H,26,29). The summed E-state index contributed by atoms with van der Waals surface area (Å²) in [7, 11) is 0. The van der Waals surface area contributed by atoms with Crippen LogP contribution in [0.3, 0.4) is 0 Å². The van der Waals surface area contributed by atoms with E-state index in [0.717, 1.165) is 24.0 Å². The third-order valence-electron chi connectivity index (χ3n) is 4.70. The van der Waals surface area contributed by atoms with E-state index in [0.29, 0.717) is 28.9 Å². The summed E-state index contributed by atoms with van der Waals surface area (Å²) in [5.74, 6) is 0.734. The number of unbranched alkanes of at least 4 members (excludes halogenated alkanes) is 1. The van der Waals surface area contributed by atoms with Gasteiger partial charge in [0.1, 0.15) is 6.04 Å². The van der Waals surface area contributed by atoms with Gasteiger partial charge in [0.2, 0.25) is 11.8 Å². The number of thioether (sulfide) groups is 1. The van der Waals surface area contributed by atoms with E-state index in [9.17, 15) is 9.59 Å². The van der Waals surface area contributed by atoms with Gasteiger partial charge < -0.3 is 10.2 Å². The molecule has 0 fully saturated rings. The predicted octanol–water partition coefficient (Wildman–Crippen LogP) is 5.56. The molecule has 0 saturated carbocycles. The van der Waals surface area contributed by atoms with Crippen molar-refractivity contribution in [1.29, 1.82) is 0 Å². The Morgan fingerprint density at radius 1 is 1.10 bits per heavy atom. The van der Waals surface area contributed by atoms with Gasteiger partial charge in [0.15, 0.2) is 0 Å². The Balaban J connectivity index is 2.04. The third-order valence-corrected chi connectivity index (χ3v) is 6.31. The first-order valence-corrected chi connectivity index (χ1v) is 12.0. The van der Waals surface area contributed by atoms with Gasteiger partial charge >= 0.3 is 0 Å². The van der Waals surface area contributed by atoms with E-state index in [1.165, 1.54) is 11.8 Å². The van der Waals surface area contributed by atoms with Crippen molar-refractivity contribution in [2.75, 3.05) is 12.3 Å². The number of hydrogen-bond donors (Lipinski definition) is 1. The molecule has 2 aromatic carbocycles. The van der Waals surface area contributed by atoms with Gasteiger partial charge in [-0.3, -0.25) is 9.59 Å². The molecule has 2 rings (SSSR count). The Kier molecular flexibility index (Phi) is 10.6. The zero-order valence-corrected chi connectivity index (χ0v) is 19.7. The van der Waals surface area contributed by atoms with Gasteiger partial charge in [-0.05, 0) is 42.7 Å². The van der Waals surface area contributed by atoms with Crippen LogP contribution in [0.4, 0.5) is 0 Å². The average molecular weight is 467 g/mol. The first kappa shape index (κ1) is 24.6. The van der Waals surface area contributed by atoms with Crippen molar-refractivity contribution in [3.05, 3.63) is 69.7 Å². The number of rotatable bonds is 11. The molecule has 1 unspecified atom stereocenters. The molecule has 4 nitrogen and oxygen atoms in total. The molecule has 7 heteroatoms. The minimum Gasteiger partial charge on any atom is -0.354 e. The molecular formula is C23H28Cl2N2O2S. The summed E-state index contributed by atoms with van der Waals surface area (Å²) in [5.41, 5.74) is 1.92. The zero-order valence-electron chi connectivity index (χ0n) is 17.4. The van der Waals surface area contributed by atoms with Crippen molar-refractivity contribution in [2.45, 2.75) is 45.0 Å². The van der Waals surface area contributed by atoms with E-state index in [4.69, 9.17) is 23.2 Å². The SMILES string of the molecule is CCCCNC(=O)C(C)N(Cc1ccccc1Cl)C(=O)CSCc1ccc(Cl)cc1.